The highest BCUT2D eigenvalue weighted by Crippen LogP contribution is 2.37. The van der Waals surface area contributed by atoms with Gasteiger partial charge in [-0.1, -0.05) is 0 Å². The average Bonchev–Trinajstić information content (AvgIpc) is 2.87. The summed E-state index contributed by atoms with van der Waals surface area (Å²) in [6.07, 6.45) is 1.23. The molecule has 0 aliphatic carbocycles. The van der Waals surface area contributed by atoms with Gasteiger partial charge in [-0.25, -0.2) is 4.79 Å². The van der Waals surface area contributed by atoms with Crippen molar-refractivity contribution < 1.29 is 24.0 Å². The summed E-state index contributed by atoms with van der Waals surface area (Å²) in [5, 5.41) is 11.2. The molecule has 1 N–H and O–H groups in total. The number of aromatic amines is 1. The van der Waals surface area contributed by atoms with E-state index in [-0.39, 0.29) is 22.4 Å². The zero-order chi connectivity index (χ0) is 14.9. The fourth-order valence-electron chi connectivity index (χ4n) is 1.91. The lowest BCUT2D eigenvalue weighted by atomic mass is 10.1. The minimum Gasteiger partial charge on any atom is -0.490 e. The number of fused-ring (bicyclic) bond motifs is 1. The summed E-state index contributed by atoms with van der Waals surface area (Å²) in [5.74, 6) is -2.06. The van der Waals surface area contributed by atoms with E-state index in [0.717, 1.165) is 7.11 Å². The fraction of sp³-hybridized carbons (Fsp3) is 0.167. The van der Waals surface area contributed by atoms with Gasteiger partial charge >= 0.3 is 11.7 Å². The highest BCUT2D eigenvalue weighted by molar-refractivity contribution is 6.43. The first-order chi connectivity index (χ1) is 9.51. The molecule has 8 nitrogen and oxygen atoms in total. The second-order valence-corrected chi connectivity index (χ2v) is 3.82. The van der Waals surface area contributed by atoms with Crippen molar-refractivity contribution in [1.29, 1.82) is 0 Å². The molecule has 0 spiro atoms. The van der Waals surface area contributed by atoms with Crippen molar-refractivity contribution in [3.05, 3.63) is 34.0 Å². The number of esters is 1. The molecule has 0 saturated heterocycles. The first-order valence-electron chi connectivity index (χ1n) is 5.46. The minimum atomic E-state index is -1.09. The fourth-order valence-corrected chi connectivity index (χ4v) is 1.91. The number of ketones is 1. The van der Waals surface area contributed by atoms with Crippen LogP contribution >= 0.6 is 0 Å². The Morgan fingerprint density at radius 2 is 2.00 bits per heavy atom. The number of benzene rings is 1. The molecule has 104 valence electrons. The highest BCUT2D eigenvalue weighted by atomic mass is 16.6. The van der Waals surface area contributed by atoms with E-state index in [9.17, 15) is 19.7 Å². The van der Waals surface area contributed by atoms with Gasteiger partial charge in [-0.05, 0) is 12.1 Å². The molecule has 8 heteroatoms. The van der Waals surface area contributed by atoms with Gasteiger partial charge in [0.2, 0.25) is 0 Å². The van der Waals surface area contributed by atoms with Crippen LogP contribution in [0.4, 0.5) is 5.69 Å². The Kier molecular flexibility index (Phi) is 3.38. The summed E-state index contributed by atoms with van der Waals surface area (Å²) < 4.78 is 9.26. The van der Waals surface area contributed by atoms with Crippen molar-refractivity contribution in [2.75, 3.05) is 14.2 Å². The molecular formula is C12H10N2O6. The molecule has 2 aromatic rings. The number of H-pyrrole nitrogens is 1. The number of aromatic nitrogens is 1. The largest absolute Gasteiger partial charge is 0.490 e. The van der Waals surface area contributed by atoms with Crippen LogP contribution in [0, 0.1) is 10.1 Å². The molecule has 1 aromatic heterocycles. The third-order valence-electron chi connectivity index (χ3n) is 2.80. The normalized spacial score (nSPS) is 10.3. The molecule has 0 atom stereocenters. The number of hydrogen-bond donors (Lipinski definition) is 1. The number of rotatable bonds is 4. The van der Waals surface area contributed by atoms with E-state index in [2.05, 4.69) is 9.72 Å². The molecular weight excluding hydrogens is 268 g/mol. The number of methoxy groups -OCH3 is 2. The van der Waals surface area contributed by atoms with Crippen LogP contribution in [0.2, 0.25) is 0 Å². The quantitative estimate of drug-likeness (QED) is 0.298. The maximum absolute atomic E-state index is 11.9. The molecule has 1 aromatic carbocycles. The van der Waals surface area contributed by atoms with E-state index >= 15 is 0 Å². The van der Waals surface area contributed by atoms with E-state index in [1.807, 2.05) is 0 Å². The summed E-state index contributed by atoms with van der Waals surface area (Å²) in [7, 11) is 2.34. The molecule has 0 radical (unpaired) electrons. The van der Waals surface area contributed by atoms with Gasteiger partial charge in [-0.2, -0.15) is 0 Å². The van der Waals surface area contributed by atoms with Crippen LogP contribution in [0.1, 0.15) is 10.4 Å². The van der Waals surface area contributed by atoms with Gasteiger partial charge in [-0.15, -0.1) is 0 Å². The third-order valence-corrected chi connectivity index (χ3v) is 2.80. The van der Waals surface area contributed by atoms with Crippen molar-refractivity contribution in [1.82, 2.24) is 4.98 Å². The SMILES string of the molecule is COC(=O)C(=O)c1c[nH]c2ccc(OC)c([N+](=O)[O-])c12. The molecule has 0 fully saturated rings. The predicted octanol–water partition coefficient (Wildman–Crippen LogP) is 1.44. The van der Waals surface area contributed by atoms with Crippen LogP contribution < -0.4 is 4.74 Å². The molecule has 0 bridgehead atoms. The van der Waals surface area contributed by atoms with E-state index in [4.69, 9.17) is 4.74 Å². The zero-order valence-corrected chi connectivity index (χ0v) is 10.6. The number of Topliss-reactive ketones (excluding diaryl/α,β-unsaturated/α-hetero) is 1. The number of carbonyl (C=O) groups is 2. The van der Waals surface area contributed by atoms with Gasteiger partial charge < -0.3 is 14.5 Å². The maximum Gasteiger partial charge on any atom is 0.379 e. The number of nitro benzene ring substituents is 1. The first-order valence-corrected chi connectivity index (χ1v) is 5.46. The number of nitrogens with zero attached hydrogens (tertiary/aromatic N) is 1. The second-order valence-electron chi connectivity index (χ2n) is 3.82. The molecule has 1 heterocycles. The Labute approximate surface area is 112 Å². The lowest BCUT2D eigenvalue weighted by molar-refractivity contribution is -0.383. The Morgan fingerprint density at radius 3 is 2.55 bits per heavy atom. The van der Waals surface area contributed by atoms with Crippen LogP contribution in [0.25, 0.3) is 10.9 Å². The van der Waals surface area contributed by atoms with Crippen molar-refractivity contribution in [2.24, 2.45) is 0 Å². The van der Waals surface area contributed by atoms with E-state index < -0.39 is 16.7 Å². The molecule has 0 amide bonds. The Bertz CT molecular complexity index is 718. The Morgan fingerprint density at radius 1 is 1.30 bits per heavy atom. The summed E-state index contributed by atoms with van der Waals surface area (Å²) >= 11 is 0. The van der Waals surface area contributed by atoms with Gasteiger partial charge in [0.25, 0.3) is 5.78 Å². The number of carbonyl (C=O) groups excluding carboxylic acids is 2. The van der Waals surface area contributed by atoms with Crippen LogP contribution in [-0.2, 0) is 9.53 Å². The van der Waals surface area contributed by atoms with Crippen molar-refractivity contribution in [3.8, 4) is 5.75 Å². The van der Waals surface area contributed by atoms with Crippen molar-refractivity contribution in [2.45, 2.75) is 0 Å². The van der Waals surface area contributed by atoms with Gasteiger partial charge in [0.05, 0.1) is 35.6 Å². The number of ether oxygens (including phenoxy) is 2. The van der Waals surface area contributed by atoms with Crippen LogP contribution in [-0.4, -0.2) is 35.9 Å². The zero-order valence-electron chi connectivity index (χ0n) is 10.6. The topological polar surface area (TPSA) is 112 Å². The molecule has 0 aliphatic heterocycles. The molecule has 2 rings (SSSR count). The van der Waals surface area contributed by atoms with E-state index in [0.29, 0.717) is 5.52 Å². The number of nitro groups is 1. The molecule has 0 saturated carbocycles. The van der Waals surface area contributed by atoms with Crippen molar-refractivity contribution >= 4 is 28.3 Å². The lowest BCUT2D eigenvalue weighted by Crippen LogP contribution is -2.15. The standard InChI is InChI=1S/C12H10N2O6/c1-19-8-4-3-7-9(10(8)14(17)18)6(5-13-7)11(15)12(16)20-2/h3-5,13H,1-2H3. The van der Waals surface area contributed by atoms with Crippen LogP contribution in [0.5, 0.6) is 5.75 Å². The minimum absolute atomic E-state index is 0.000941. The second kappa shape index (κ2) is 5.00. The first kappa shape index (κ1) is 13.5. The predicted molar refractivity (Wildman–Crippen MR) is 67.9 cm³/mol. The summed E-state index contributed by atoms with van der Waals surface area (Å²) in [6.45, 7) is 0. The van der Waals surface area contributed by atoms with Crippen molar-refractivity contribution in [3.63, 3.8) is 0 Å². The Hall–Kier alpha value is -2.90. The van der Waals surface area contributed by atoms with Gasteiger partial charge in [-0.3, -0.25) is 14.9 Å². The molecule has 0 aliphatic rings. The lowest BCUT2D eigenvalue weighted by Gasteiger charge is -2.03. The maximum atomic E-state index is 11.9. The van der Waals surface area contributed by atoms with Gasteiger partial charge in [0.15, 0.2) is 5.75 Å². The third kappa shape index (κ3) is 1.96. The smallest absolute Gasteiger partial charge is 0.379 e. The summed E-state index contributed by atoms with van der Waals surface area (Å²) in [6, 6.07) is 2.93. The van der Waals surface area contributed by atoms with Gasteiger partial charge in [0, 0.05) is 6.20 Å². The van der Waals surface area contributed by atoms with Crippen LogP contribution in [0.3, 0.4) is 0 Å². The number of nitrogens with one attached hydrogen (secondary N) is 1. The average molecular weight is 278 g/mol. The Balaban J connectivity index is 2.78. The number of hydrogen-bond acceptors (Lipinski definition) is 6. The van der Waals surface area contributed by atoms with E-state index in [1.54, 1.807) is 0 Å². The summed E-state index contributed by atoms with van der Waals surface area (Å²) in [4.78, 5) is 36.4. The monoisotopic (exact) mass is 278 g/mol. The molecule has 20 heavy (non-hydrogen) atoms. The molecule has 0 unspecified atom stereocenters. The van der Waals surface area contributed by atoms with E-state index in [1.165, 1.54) is 25.4 Å². The van der Waals surface area contributed by atoms with Gasteiger partial charge in [0.1, 0.15) is 0 Å². The highest BCUT2D eigenvalue weighted by Gasteiger charge is 2.28. The summed E-state index contributed by atoms with van der Waals surface area (Å²) in [5.41, 5.74) is -0.152. The van der Waals surface area contributed by atoms with Crippen LogP contribution in [0.15, 0.2) is 18.3 Å².